The maximum Gasteiger partial charge on any atom is 0.151 e. The van der Waals surface area contributed by atoms with Crippen molar-refractivity contribution in [1.29, 1.82) is 0 Å². The minimum absolute atomic E-state index is 0. The number of furan rings is 1. The van der Waals surface area contributed by atoms with Crippen LogP contribution in [0, 0.1) is 6.07 Å². The number of allylic oxidation sites excluding steroid dienone is 2. The van der Waals surface area contributed by atoms with Gasteiger partial charge in [0.1, 0.15) is 5.58 Å². The standard InChI is InChI=1S/C25H20NO.C8H15NO.Ir/c1-25(2,3)21-15-17(14-16-8-4-5-9-18(16)21)23-24-20(12-13-27-24)19-10-6-7-11-22(19)26-23;1-6(2)9-7(3)5-8(4)10;/h4-13,15H,1-3H3;5-6H,1-4H3,(H,9,10);/q-1;;/p-1. The molecule has 0 spiro atoms. The van der Waals surface area contributed by atoms with Gasteiger partial charge in [-0.2, -0.15) is 5.70 Å². The van der Waals surface area contributed by atoms with Crippen LogP contribution in [0.2, 0.25) is 0 Å². The van der Waals surface area contributed by atoms with E-state index in [9.17, 15) is 4.79 Å². The Morgan fingerprint density at radius 1 is 0.974 bits per heavy atom. The van der Waals surface area contributed by atoms with Gasteiger partial charge in [-0.3, -0.25) is 9.78 Å². The van der Waals surface area contributed by atoms with E-state index < -0.39 is 0 Å². The molecule has 0 aliphatic heterocycles. The fourth-order valence-corrected chi connectivity index (χ4v) is 4.57. The molecule has 0 bridgehead atoms. The minimum Gasteiger partial charge on any atom is -0.686 e. The Hall–Kier alpha value is -3.27. The number of pyridine rings is 1. The summed E-state index contributed by atoms with van der Waals surface area (Å²) in [6.45, 7) is 14.1. The summed E-state index contributed by atoms with van der Waals surface area (Å²) in [6, 6.07) is 24.7. The van der Waals surface area contributed by atoms with Crippen molar-refractivity contribution in [2.75, 3.05) is 0 Å². The van der Waals surface area contributed by atoms with Gasteiger partial charge in [-0.25, -0.2) is 0 Å². The number of hydrogen-bond acceptors (Lipinski definition) is 3. The number of fused-ring (bicyclic) bond motifs is 4. The first-order chi connectivity index (χ1) is 17.5. The third kappa shape index (κ3) is 6.59. The predicted octanol–water partition coefficient (Wildman–Crippen LogP) is 9.16. The molecule has 0 aliphatic carbocycles. The van der Waals surface area contributed by atoms with Crippen LogP contribution in [0.15, 0.2) is 83.1 Å². The summed E-state index contributed by atoms with van der Waals surface area (Å²) in [7, 11) is 0. The zero-order valence-corrected chi connectivity index (χ0v) is 25.4. The fourth-order valence-electron chi connectivity index (χ4n) is 4.57. The number of rotatable bonds is 4. The summed E-state index contributed by atoms with van der Waals surface area (Å²) in [5.41, 5.74) is 5.74. The zero-order chi connectivity index (χ0) is 26.7. The molecule has 0 fully saturated rings. The van der Waals surface area contributed by atoms with Gasteiger partial charge in [0.15, 0.2) is 5.78 Å². The molecule has 0 saturated carbocycles. The third-order valence-corrected chi connectivity index (χ3v) is 6.02. The van der Waals surface area contributed by atoms with E-state index in [4.69, 9.17) is 9.40 Å². The van der Waals surface area contributed by atoms with E-state index in [0.717, 1.165) is 44.2 Å². The van der Waals surface area contributed by atoms with E-state index in [-0.39, 0.29) is 37.3 Å². The van der Waals surface area contributed by atoms with E-state index in [1.807, 2.05) is 39.0 Å². The van der Waals surface area contributed by atoms with Crippen LogP contribution in [-0.2, 0) is 30.3 Å². The molecule has 5 aromatic rings. The number of hydrogen-bond donors (Lipinski definition) is 0. The Bertz CT molecular complexity index is 1610. The number of nitrogens with zero attached hydrogens (tertiary/aromatic N) is 2. The van der Waals surface area contributed by atoms with Crippen molar-refractivity contribution in [3.8, 4) is 11.3 Å². The molecule has 0 atom stereocenters. The second kappa shape index (κ2) is 12.1. The van der Waals surface area contributed by atoms with Gasteiger partial charge in [0.05, 0.1) is 11.8 Å². The van der Waals surface area contributed by atoms with Crippen molar-refractivity contribution in [3.05, 3.63) is 95.6 Å². The maximum atomic E-state index is 10.5. The molecular weight excluding hydrogens is 649 g/mol. The smallest absolute Gasteiger partial charge is 0.151 e. The molecule has 1 radical (unpaired) electrons. The number of carbonyl (C=O) groups is 1. The molecule has 0 unspecified atom stereocenters. The number of aromatic nitrogens is 1. The van der Waals surface area contributed by atoms with Crippen molar-refractivity contribution in [1.82, 2.24) is 4.98 Å². The van der Waals surface area contributed by atoms with E-state index in [1.54, 1.807) is 12.3 Å². The molecule has 4 nitrogen and oxygen atoms in total. The molecule has 5 heteroatoms. The average molecular weight is 683 g/mol. The fraction of sp³-hybridized carbons (Fsp3) is 0.273. The van der Waals surface area contributed by atoms with Crippen molar-refractivity contribution >= 4 is 38.4 Å². The van der Waals surface area contributed by atoms with Crippen LogP contribution in [0.25, 0.3) is 49.2 Å². The molecular formula is C33H34IrN2O2-2. The van der Waals surface area contributed by atoms with Crippen LogP contribution >= 0.6 is 0 Å². The van der Waals surface area contributed by atoms with Gasteiger partial charge in [0.2, 0.25) is 0 Å². The first-order valence-corrected chi connectivity index (χ1v) is 12.7. The molecule has 0 amide bonds. The molecule has 0 N–H and O–H groups in total. The van der Waals surface area contributed by atoms with Crippen molar-refractivity contribution in [2.45, 2.75) is 59.9 Å². The SMILES string of the molecule is CC(=O)/C=C(/C)[N-]C(C)C.CC(C)(C)c1cc(-c2nc3ccccc3c3ccoc23)[c-]c2ccccc12.[Ir]. The van der Waals surface area contributed by atoms with Crippen molar-refractivity contribution in [3.63, 3.8) is 0 Å². The largest absolute Gasteiger partial charge is 0.686 e. The summed E-state index contributed by atoms with van der Waals surface area (Å²) in [5.74, 6) is 0.0573. The van der Waals surface area contributed by atoms with E-state index in [2.05, 4.69) is 74.6 Å². The van der Waals surface area contributed by atoms with Crippen LogP contribution in [0.1, 0.15) is 54.0 Å². The molecule has 199 valence electrons. The topological polar surface area (TPSA) is 57.2 Å². The number of para-hydroxylation sites is 1. The quantitative estimate of drug-likeness (QED) is 0.140. The first-order valence-electron chi connectivity index (χ1n) is 12.7. The molecule has 0 saturated heterocycles. The van der Waals surface area contributed by atoms with Crippen LogP contribution in [-0.4, -0.2) is 16.8 Å². The summed E-state index contributed by atoms with van der Waals surface area (Å²) in [6.07, 6.45) is 3.29. The van der Waals surface area contributed by atoms with Gasteiger partial charge in [-0.1, -0.05) is 88.9 Å². The van der Waals surface area contributed by atoms with Crippen LogP contribution < -0.4 is 0 Å². The second-order valence-corrected chi connectivity index (χ2v) is 10.7. The second-order valence-electron chi connectivity index (χ2n) is 10.7. The van der Waals surface area contributed by atoms with Crippen LogP contribution in [0.5, 0.6) is 0 Å². The van der Waals surface area contributed by atoms with Gasteiger partial charge in [-0.15, -0.1) is 35.2 Å². The predicted molar refractivity (Wildman–Crippen MR) is 155 cm³/mol. The van der Waals surface area contributed by atoms with Gasteiger partial charge < -0.3 is 9.73 Å². The Balaban J connectivity index is 0.000000314. The van der Waals surface area contributed by atoms with Crippen molar-refractivity contribution in [2.24, 2.45) is 0 Å². The number of benzene rings is 3. The van der Waals surface area contributed by atoms with Gasteiger partial charge in [-0.05, 0) is 30.5 Å². The summed E-state index contributed by atoms with van der Waals surface area (Å²) >= 11 is 0. The Kier molecular flexibility index (Phi) is 9.30. The normalized spacial score (nSPS) is 11.8. The Morgan fingerprint density at radius 2 is 1.63 bits per heavy atom. The van der Waals surface area contributed by atoms with Gasteiger partial charge in [0.25, 0.3) is 0 Å². The van der Waals surface area contributed by atoms with E-state index in [0.29, 0.717) is 0 Å². The van der Waals surface area contributed by atoms with Crippen LogP contribution in [0.4, 0.5) is 0 Å². The first kappa shape index (κ1) is 29.3. The summed E-state index contributed by atoms with van der Waals surface area (Å²) < 4.78 is 5.87. The summed E-state index contributed by atoms with van der Waals surface area (Å²) in [4.78, 5) is 15.5. The number of ketones is 1. The summed E-state index contributed by atoms with van der Waals surface area (Å²) in [5, 5.41) is 8.71. The van der Waals surface area contributed by atoms with Crippen LogP contribution in [0.3, 0.4) is 0 Å². The third-order valence-electron chi connectivity index (χ3n) is 6.02. The maximum absolute atomic E-state index is 10.5. The van der Waals surface area contributed by atoms with E-state index in [1.165, 1.54) is 17.9 Å². The minimum atomic E-state index is 0. The molecule has 3 aromatic carbocycles. The van der Waals surface area contributed by atoms with Gasteiger partial charge >= 0.3 is 0 Å². The molecule has 38 heavy (non-hydrogen) atoms. The zero-order valence-electron chi connectivity index (χ0n) is 23.0. The average Bonchev–Trinajstić information content (AvgIpc) is 3.32. The number of carbonyl (C=O) groups excluding carboxylic acids is 1. The monoisotopic (exact) mass is 683 g/mol. The molecule has 5 rings (SSSR count). The molecule has 2 heterocycles. The Morgan fingerprint density at radius 3 is 2.29 bits per heavy atom. The molecule has 2 aromatic heterocycles. The molecule has 0 aliphatic rings. The van der Waals surface area contributed by atoms with Gasteiger partial charge in [0, 0.05) is 36.6 Å². The van der Waals surface area contributed by atoms with Crippen molar-refractivity contribution < 1.29 is 29.3 Å². The Labute approximate surface area is 238 Å². The van der Waals surface area contributed by atoms with E-state index >= 15 is 0 Å².